The Balaban J connectivity index is 1.88. The number of carbonyl (C=O) groups excluding carboxylic acids is 1. The van der Waals surface area contributed by atoms with Crippen LogP contribution in [0.4, 0.5) is 5.13 Å². The van der Waals surface area contributed by atoms with Crippen LogP contribution in [0.3, 0.4) is 0 Å². The predicted molar refractivity (Wildman–Crippen MR) is 70.5 cm³/mol. The van der Waals surface area contributed by atoms with Crippen molar-refractivity contribution < 1.29 is 4.79 Å². The van der Waals surface area contributed by atoms with Gasteiger partial charge in [0.15, 0.2) is 5.13 Å². The summed E-state index contributed by atoms with van der Waals surface area (Å²) in [4.78, 5) is 17.4. The van der Waals surface area contributed by atoms with Gasteiger partial charge in [0.25, 0.3) is 0 Å². The smallest absolute Gasteiger partial charge is 0.227 e. The van der Waals surface area contributed by atoms with E-state index in [1.165, 1.54) is 11.3 Å². The molecular formula is C12H19N3OS. The molecule has 1 aliphatic heterocycles. The van der Waals surface area contributed by atoms with E-state index in [0.29, 0.717) is 12.5 Å². The van der Waals surface area contributed by atoms with Crippen LogP contribution in [0.2, 0.25) is 0 Å². The summed E-state index contributed by atoms with van der Waals surface area (Å²) in [5.41, 5.74) is 1.09. The first kappa shape index (κ1) is 12.5. The van der Waals surface area contributed by atoms with E-state index in [9.17, 15) is 4.79 Å². The third kappa shape index (κ3) is 3.26. The highest BCUT2D eigenvalue weighted by Crippen LogP contribution is 2.22. The van der Waals surface area contributed by atoms with Gasteiger partial charge in [0, 0.05) is 17.3 Å². The number of aromatic nitrogens is 1. The topological polar surface area (TPSA) is 54.0 Å². The molecular weight excluding hydrogens is 234 g/mol. The second-order valence-corrected chi connectivity index (χ2v) is 5.62. The van der Waals surface area contributed by atoms with E-state index in [2.05, 4.69) is 22.5 Å². The Labute approximate surface area is 106 Å². The highest BCUT2D eigenvalue weighted by molar-refractivity contribution is 7.15. The number of nitrogens with zero attached hydrogens (tertiary/aromatic N) is 1. The van der Waals surface area contributed by atoms with Crippen molar-refractivity contribution in [3.63, 3.8) is 0 Å². The van der Waals surface area contributed by atoms with Crippen molar-refractivity contribution in [3.05, 3.63) is 10.6 Å². The van der Waals surface area contributed by atoms with Gasteiger partial charge >= 0.3 is 0 Å². The Hall–Kier alpha value is -0.940. The Bertz CT molecular complexity index is 396. The molecule has 94 valence electrons. The second kappa shape index (κ2) is 5.60. The fourth-order valence-electron chi connectivity index (χ4n) is 2.13. The van der Waals surface area contributed by atoms with Crippen LogP contribution in [0.25, 0.3) is 0 Å². The molecule has 5 heteroatoms. The van der Waals surface area contributed by atoms with Crippen LogP contribution in [-0.4, -0.2) is 23.5 Å². The van der Waals surface area contributed by atoms with E-state index in [-0.39, 0.29) is 5.91 Å². The molecule has 0 spiro atoms. The first-order chi connectivity index (χ1) is 8.19. The Kier molecular flexibility index (Phi) is 4.12. The normalized spacial score (nSPS) is 19.5. The third-order valence-electron chi connectivity index (χ3n) is 3.07. The van der Waals surface area contributed by atoms with Crippen molar-refractivity contribution in [2.24, 2.45) is 0 Å². The Morgan fingerprint density at radius 1 is 1.65 bits per heavy atom. The summed E-state index contributed by atoms with van der Waals surface area (Å²) in [6.45, 7) is 5.16. The highest BCUT2D eigenvalue weighted by Gasteiger charge is 2.18. The van der Waals surface area contributed by atoms with Gasteiger partial charge in [0.1, 0.15) is 0 Å². The van der Waals surface area contributed by atoms with Gasteiger partial charge in [-0.05, 0) is 32.7 Å². The molecule has 17 heavy (non-hydrogen) atoms. The number of aryl methyl sites for hydroxylation is 2. The minimum absolute atomic E-state index is 0.0702. The van der Waals surface area contributed by atoms with Crippen molar-refractivity contribution in [2.45, 2.75) is 45.6 Å². The van der Waals surface area contributed by atoms with Gasteiger partial charge in [-0.2, -0.15) is 0 Å². The first-order valence-electron chi connectivity index (χ1n) is 6.18. The number of nitrogens with one attached hydrogen (secondary N) is 2. The molecule has 1 saturated heterocycles. The molecule has 1 aliphatic rings. The predicted octanol–water partition coefficient (Wildman–Crippen LogP) is 2.09. The lowest BCUT2D eigenvalue weighted by molar-refractivity contribution is -0.116. The zero-order valence-electron chi connectivity index (χ0n) is 10.4. The maximum Gasteiger partial charge on any atom is 0.227 e. The van der Waals surface area contributed by atoms with Crippen LogP contribution >= 0.6 is 11.3 Å². The molecule has 4 nitrogen and oxygen atoms in total. The van der Waals surface area contributed by atoms with Crippen LogP contribution in [0, 0.1) is 6.92 Å². The molecule has 2 rings (SSSR count). The number of thiazole rings is 1. The maximum atomic E-state index is 11.8. The van der Waals surface area contributed by atoms with E-state index in [0.717, 1.165) is 30.2 Å². The summed E-state index contributed by atoms with van der Waals surface area (Å²) in [6.07, 6.45) is 3.75. The minimum Gasteiger partial charge on any atom is -0.313 e. The van der Waals surface area contributed by atoms with Crippen molar-refractivity contribution in [1.82, 2.24) is 10.3 Å². The lowest BCUT2D eigenvalue weighted by atomic mass is 10.1. The van der Waals surface area contributed by atoms with E-state index in [4.69, 9.17) is 0 Å². The SMILES string of the molecule is CCc1nc(NC(=O)CC2CCCN2)sc1C. The molecule has 2 heterocycles. The van der Waals surface area contributed by atoms with Crippen molar-refractivity contribution in [3.8, 4) is 0 Å². The number of rotatable bonds is 4. The monoisotopic (exact) mass is 253 g/mol. The van der Waals surface area contributed by atoms with Gasteiger partial charge in [-0.3, -0.25) is 4.79 Å². The molecule has 1 unspecified atom stereocenters. The average molecular weight is 253 g/mol. The summed E-state index contributed by atoms with van der Waals surface area (Å²) in [7, 11) is 0. The van der Waals surface area contributed by atoms with Crippen molar-refractivity contribution in [2.75, 3.05) is 11.9 Å². The third-order valence-corrected chi connectivity index (χ3v) is 4.00. The van der Waals surface area contributed by atoms with E-state index in [1.54, 1.807) is 11.3 Å². The number of amides is 1. The minimum atomic E-state index is 0.0702. The Morgan fingerprint density at radius 3 is 3.06 bits per heavy atom. The number of anilines is 1. The molecule has 1 atom stereocenters. The molecule has 1 aromatic rings. The largest absolute Gasteiger partial charge is 0.313 e. The van der Waals surface area contributed by atoms with E-state index < -0.39 is 0 Å². The van der Waals surface area contributed by atoms with Gasteiger partial charge in [-0.25, -0.2) is 4.98 Å². The zero-order valence-corrected chi connectivity index (χ0v) is 11.2. The molecule has 0 saturated carbocycles. The summed E-state index contributed by atoms with van der Waals surface area (Å²) in [6, 6.07) is 0.349. The fourth-order valence-corrected chi connectivity index (χ4v) is 3.05. The van der Waals surface area contributed by atoms with Crippen molar-refractivity contribution in [1.29, 1.82) is 0 Å². The zero-order chi connectivity index (χ0) is 12.3. The van der Waals surface area contributed by atoms with Gasteiger partial charge in [0.2, 0.25) is 5.91 Å². The molecule has 0 radical (unpaired) electrons. The van der Waals surface area contributed by atoms with Crippen LogP contribution in [0.15, 0.2) is 0 Å². The highest BCUT2D eigenvalue weighted by atomic mass is 32.1. The van der Waals surface area contributed by atoms with Gasteiger partial charge in [-0.1, -0.05) is 6.92 Å². The second-order valence-electron chi connectivity index (χ2n) is 4.42. The maximum absolute atomic E-state index is 11.8. The molecule has 1 fully saturated rings. The summed E-state index contributed by atoms with van der Waals surface area (Å²) in [5.74, 6) is 0.0702. The number of hydrogen-bond acceptors (Lipinski definition) is 4. The summed E-state index contributed by atoms with van der Waals surface area (Å²) < 4.78 is 0. The number of carbonyl (C=O) groups is 1. The average Bonchev–Trinajstić information content (AvgIpc) is 2.88. The van der Waals surface area contributed by atoms with Crippen LogP contribution in [-0.2, 0) is 11.2 Å². The summed E-state index contributed by atoms with van der Waals surface area (Å²) >= 11 is 1.56. The van der Waals surface area contributed by atoms with Crippen LogP contribution in [0.5, 0.6) is 0 Å². The first-order valence-corrected chi connectivity index (χ1v) is 7.00. The Morgan fingerprint density at radius 2 is 2.47 bits per heavy atom. The molecule has 2 N–H and O–H groups in total. The van der Waals surface area contributed by atoms with Gasteiger partial charge < -0.3 is 10.6 Å². The van der Waals surface area contributed by atoms with Gasteiger partial charge in [-0.15, -0.1) is 11.3 Å². The standard InChI is InChI=1S/C12H19N3OS/c1-3-10-8(2)17-12(14-10)15-11(16)7-9-5-4-6-13-9/h9,13H,3-7H2,1-2H3,(H,14,15,16). The summed E-state index contributed by atoms with van der Waals surface area (Å²) in [5, 5.41) is 6.95. The van der Waals surface area contributed by atoms with Crippen molar-refractivity contribution >= 4 is 22.4 Å². The molecule has 1 aromatic heterocycles. The van der Waals surface area contributed by atoms with Gasteiger partial charge in [0.05, 0.1) is 5.69 Å². The van der Waals surface area contributed by atoms with E-state index in [1.807, 2.05) is 6.92 Å². The molecule has 0 bridgehead atoms. The van der Waals surface area contributed by atoms with Crippen LogP contribution in [0.1, 0.15) is 36.8 Å². The molecule has 1 amide bonds. The lowest BCUT2D eigenvalue weighted by Crippen LogP contribution is -2.27. The number of hydrogen-bond donors (Lipinski definition) is 2. The molecule has 0 aliphatic carbocycles. The van der Waals surface area contributed by atoms with Crippen LogP contribution < -0.4 is 10.6 Å². The quantitative estimate of drug-likeness (QED) is 0.864. The van der Waals surface area contributed by atoms with E-state index >= 15 is 0 Å². The lowest BCUT2D eigenvalue weighted by Gasteiger charge is -2.08. The fraction of sp³-hybridized carbons (Fsp3) is 0.667. The molecule has 0 aromatic carbocycles.